The van der Waals surface area contributed by atoms with Gasteiger partial charge in [0, 0.05) is 6.61 Å². The predicted molar refractivity (Wildman–Crippen MR) is 53.1 cm³/mol. The van der Waals surface area contributed by atoms with Gasteiger partial charge >= 0.3 is 0 Å². The summed E-state index contributed by atoms with van der Waals surface area (Å²) < 4.78 is 5.87. The third-order valence-electron chi connectivity index (χ3n) is 2.37. The van der Waals surface area contributed by atoms with Crippen molar-refractivity contribution in [1.82, 2.24) is 0 Å². The van der Waals surface area contributed by atoms with E-state index in [4.69, 9.17) is 4.43 Å². The molecule has 0 spiro atoms. The number of rotatable bonds is 6. The van der Waals surface area contributed by atoms with Gasteiger partial charge in [-0.15, -0.1) is 0 Å². The van der Waals surface area contributed by atoms with Crippen LogP contribution in [0.3, 0.4) is 0 Å². The first-order valence-electron chi connectivity index (χ1n) is 4.67. The number of hydrogen-bond donors (Lipinski definition) is 0. The van der Waals surface area contributed by atoms with Crippen molar-refractivity contribution in [2.24, 2.45) is 0 Å². The predicted octanol–water partition coefficient (Wildman–Crippen LogP) is 3.23. The Hall–Kier alpha value is 0.177. The van der Waals surface area contributed by atoms with Gasteiger partial charge in [-0.25, -0.2) is 0 Å². The van der Waals surface area contributed by atoms with Crippen molar-refractivity contribution in [3.8, 4) is 0 Å². The Labute approximate surface area is 72.3 Å². The van der Waals surface area contributed by atoms with Crippen LogP contribution in [0.5, 0.6) is 0 Å². The summed E-state index contributed by atoms with van der Waals surface area (Å²) in [5.41, 5.74) is 0. The molecule has 0 aliphatic heterocycles. The molecule has 0 aromatic carbocycles. The van der Waals surface area contributed by atoms with E-state index in [1.165, 1.54) is 18.1 Å². The summed E-state index contributed by atoms with van der Waals surface area (Å²) in [5.74, 6) is 0. The summed E-state index contributed by atoms with van der Waals surface area (Å²) in [6, 6.07) is 3.72. The second-order valence-electron chi connectivity index (χ2n) is 2.93. The molecule has 0 bridgehead atoms. The van der Waals surface area contributed by atoms with Crippen molar-refractivity contribution in [2.45, 2.75) is 45.3 Å². The van der Waals surface area contributed by atoms with E-state index >= 15 is 0 Å². The molecule has 0 aliphatic rings. The molecule has 1 radical (unpaired) electrons. The molecule has 67 valence electrons. The standard InChI is InChI=1S/C9H21OSi/c1-5-9-11(7-3,8-4)10-6-2/h1,5-9H2,2-4H3. The summed E-state index contributed by atoms with van der Waals surface area (Å²) in [7, 11) is -1.31. The topological polar surface area (TPSA) is 9.23 Å². The van der Waals surface area contributed by atoms with E-state index in [-0.39, 0.29) is 0 Å². The first-order valence-corrected chi connectivity index (χ1v) is 7.20. The fourth-order valence-corrected chi connectivity index (χ4v) is 4.52. The Kier molecular flexibility index (Phi) is 5.87. The summed E-state index contributed by atoms with van der Waals surface area (Å²) in [6.45, 7) is 11.4. The SMILES string of the molecule is [CH2]CC[Si](CC)(CC)OCC. The lowest BCUT2D eigenvalue weighted by Gasteiger charge is -2.28. The van der Waals surface area contributed by atoms with E-state index in [9.17, 15) is 0 Å². The maximum Gasteiger partial charge on any atom is 0.192 e. The van der Waals surface area contributed by atoms with Gasteiger partial charge in [0.2, 0.25) is 0 Å². The third kappa shape index (κ3) is 3.39. The molecule has 0 unspecified atom stereocenters. The minimum absolute atomic E-state index is 0.883. The second-order valence-corrected chi connectivity index (χ2v) is 7.50. The van der Waals surface area contributed by atoms with Crippen molar-refractivity contribution in [3.05, 3.63) is 6.92 Å². The molecule has 0 aromatic heterocycles. The molecule has 0 rings (SSSR count). The van der Waals surface area contributed by atoms with Gasteiger partial charge in [-0.3, -0.25) is 0 Å². The Morgan fingerprint density at radius 3 is 2.00 bits per heavy atom. The van der Waals surface area contributed by atoms with Gasteiger partial charge in [-0.1, -0.05) is 27.2 Å². The van der Waals surface area contributed by atoms with Gasteiger partial charge in [0.15, 0.2) is 8.32 Å². The molecule has 0 aliphatic carbocycles. The smallest absolute Gasteiger partial charge is 0.192 e. The molecule has 0 fully saturated rings. The fourth-order valence-electron chi connectivity index (χ4n) is 1.51. The van der Waals surface area contributed by atoms with Gasteiger partial charge in [-0.2, -0.15) is 0 Å². The lowest BCUT2D eigenvalue weighted by molar-refractivity contribution is 0.320. The zero-order chi connectivity index (χ0) is 8.74. The van der Waals surface area contributed by atoms with E-state index in [1.54, 1.807) is 0 Å². The lowest BCUT2D eigenvalue weighted by Crippen LogP contribution is -2.36. The first-order chi connectivity index (χ1) is 5.24. The van der Waals surface area contributed by atoms with Crippen LogP contribution in [0.25, 0.3) is 0 Å². The molecule has 1 nitrogen and oxygen atoms in total. The van der Waals surface area contributed by atoms with Crippen LogP contribution < -0.4 is 0 Å². The Morgan fingerprint density at radius 2 is 1.73 bits per heavy atom. The van der Waals surface area contributed by atoms with Crippen molar-refractivity contribution < 1.29 is 4.43 Å². The highest BCUT2D eigenvalue weighted by Gasteiger charge is 2.28. The highest BCUT2D eigenvalue weighted by Crippen LogP contribution is 2.23. The highest BCUT2D eigenvalue weighted by molar-refractivity contribution is 6.73. The van der Waals surface area contributed by atoms with Crippen molar-refractivity contribution in [1.29, 1.82) is 0 Å². The summed E-state index contributed by atoms with van der Waals surface area (Å²) in [6.07, 6.45) is 1.04. The van der Waals surface area contributed by atoms with Gasteiger partial charge < -0.3 is 4.43 Å². The molecular formula is C9H21OSi. The largest absolute Gasteiger partial charge is 0.417 e. The van der Waals surface area contributed by atoms with E-state index in [2.05, 4.69) is 27.7 Å². The lowest BCUT2D eigenvalue weighted by atomic mass is 10.6. The van der Waals surface area contributed by atoms with Gasteiger partial charge in [0.05, 0.1) is 0 Å². The zero-order valence-electron chi connectivity index (χ0n) is 8.15. The van der Waals surface area contributed by atoms with Gasteiger partial charge in [0.25, 0.3) is 0 Å². The molecular weight excluding hydrogens is 152 g/mol. The van der Waals surface area contributed by atoms with Crippen LogP contribution in [0.15, 0.2) is 0 Å². The van der Waals surface area contributed by atoms with Crippen molar-refractivity contribution in [3.63, 3.8) is 0 Å². The third-order valence-corrected chi connectivity index (χ3v) is 7.11. The molecule has 0 saturated carbocycles. The van der Waals surface area contributed by atoms with E-state index < -0.39 is 8.32 Å². The molecule has 0 aromatic rings. The Bertz CT molecular complexity index is 81.6. The molecule has 0 heterocycles. The highest BCUT2D eigenvalue weighted by atomic mass is 28.4. The normalized spacial score (nSPS) is 12.0. The Morgan fingerprint density at radius 1 is 1.18 bits per heavy atom. The monoisotopic (exact) mass is 173 g/mol. The first kappa shape index (κ1) is 11.2. The van der Waals surface area contributed by atoms with E-state index in [1.807, 2.05) is 0 Å². The van der Waals surface area contributed by atoms with Crippen LogP contribution in [-0.4, -0.2) is 14.9 Å². The molecule has 0 atom stereocenters. The van der Waals surface area contributed by atoms with Gasteiger partial charge in [-0.05, 0) is 25.1 Å². The Balaban J connectivity index is 3.96. The summed E-state index contributed by atoms with van der Waals surface area (Å²) >= 11 is 0. The minimum atomic E-state index is -1.31. The van der Waals surface area contributed by atoms with Crippen molar-refractivity contribution in [2.75, 3.05) is 6.61 Å². The second kappa shape index (κ2) is 5.78. The quantitative estimate of drug-likeness (QED) is 0.560. The van der Waals surface area contributed by atoms with Crippen LogP contribution in [-0.2, 0) is 4.43 Å². The summed E-state index contributed by atoms with van der Waals surface area (Å²) in [5, 5.41) is 0. The van der Waals surface area contributed by atoms with Crippen LogP contribution in [0.2, 0.25) is 18.1 Å². The summed E-state index contributed by atoms with van der Waals surface area (Å²) in [4.78, 5) is 0. The fraction of sp³-hybridized carbons (Fsp3) is 0.889. The van der Waals surface area contributed by atoms with E-state index in [0.29, 0.717) is 0 Å². The molecule has 2 heteroatoms. The maximum atomic E-state index is 5.87. The minimum Gasteiger partial charge on any atom is -0.417 e. The van der Waals surface area contributed by atoms with Crippen molar-refractivity contribution >= 4 is 8.32 Å². The average Bonchev–Trinajstić information content (AvgIpc) is 2.04. The molecule has 0 saturated heterocycles. The van der Waals surface area contributed by atoms with Crippen LogP contribution in [0, 0.1) is 6.92 Å². The zero-order valence-corrected chi connectivity index (χ0v) is 9.15. The van der Waals surface area contributed by atoms with Gasteiger partial charge in [0.1, 0.15) is 0 Å². The number of hydrogen-bond acceptors (Lipinski definition) is 1. The molecule has 0 amide bonds. The van der Waals surface area contributed by atoms with Crippen LogP contribution >= 0.6 is 0 Å². The van der Waals surface area contributed by atoms with E-state index in [0.717, 1.165) is 13.0 Å². The van der Waals surface area contributed by atoms with Crippen LogP contribution in [0.1, 0.15) is 27.2 Å². The average molecular weight is 173 g/mol. The molecule has 11 heavy (non-hydrogen) atoms. The van der Waals surface area contributed by atoms with Crippen LogP contribution in [0.4, 0.5) is 0 Å². The molecule has 0 N–H and O–H groups in total. The maximum absolute atomic E-state index is 5.87.